The monoisotopic (exact) mass is 384 g/mol. The minimum Gasteiger partial charge on any atom is -0.496 e. The summed E-state index contributed by atoms with van der Waals surface area (Å²) in [6, 6.07) is 17.9. The van der Waals surface area contributed by atoms with Crippen LogP contribution in [0.1, 0.15) is 37.3 Å². The summed E-state index contributed by atoms with van der Waals surface area (Å²) in [7, 11) is 1.72. The van der Waals surface area contributed by atoms with Crippen LogP contribution in [0.5, 0.6) is 5.75 Å². The summed E-state index contributed by atoms with van der Waals surface area (Å²) in [6.07, 6.45) is 2.77. The van der Waals surface area contributed by atoms with E-state index in [9.17, 15) is 4.79 Å². The van der Waals surface area contributed by atoms with Crippen LogP contribution in [0.3, 0.4) is 0 Å². The highest BCUT2D eigenvalue weighted by Crippen LogP contribution is 2.19. The molecule has 0 saturated heterocycles. The number of hydrogen-bond acceptors (Lipinski definition) is 4. The summed E-state index contributed by atoms with van der Waals surface area (Å²) in [5, 5.41) is 2.82. The average molecular weight is 385 g/mol. The molecule has 2 aromatic rings. The topological polar surface area (TPSA) is 50.8 Å². The second-order valence-electron chi connectivity index (χ2n) is 6.73. The van der Waals surface area contributed by atoms with Gasteiger partial charge in [0.05, 0.1) is 7.11 Å². The van der Waals surface area contributed by atoms with E-state index < -0.39 is 0 Å². The number of carbonyl (C=O) groups is 1. The molecule has 0 radical (unpaired) electrons. The Morgan fingerprint density at radius 1 is 1.00 bits per heavy atom. The maximum atomic E-state index is 11.7. The molecule has 0 heterocycles. The molecule has 152 valence electrons. The van der Waals surface area contributed by atoms with Gasteiger partial charge in [-0.05, 0) is 37.6 Å². The van der Waals surface area contributed by atoms with Crippen molar-refractivity contribution < 1.29 is 14.3 Å². The van der Waals surface area contributed by atoms with Crippen molar-refractivity contribution in [3.8, 4) is 5.75 Å². The van der Waals surface area contributed by atoms with Crippen LogP contribution in [0.25, 0.3) is 0 Å². The van der Waals surface area contributed by atoms with Gasteiger partial charge < -0.3 is 14.8 Å². The van der Waals surface area contributed by atoms with Gasteiger partial charge in [-0.25, -0.2) is 4.79 Å². The Morgan fingerprint density at radius 3 is 2.50 bits per heavy atom. The molecule has 0 atom stereocenters. The Kier molecular flexibility index (Phi) is 9.94. The summed E-state index contributed by atoms with van der Waals surface area (Å²) in [5.41, 5.74) is 2.21. The van der Waals surface area contributed by atoms with Crippen LogP contribution in [-0.4, -0.2) is 37.7 Å². The molecule has 0 bridgehead atoms. The Morgan fingerprint density at radius 2 is 1.75 bits per heavy atom. The lowest BCUT2D eigenvalue weighted by Gasteiger charge is -2.21. The van der Waals surface area contributed by atoms with Crippen molar-refractivity contribution in [2.24, 2.45) is 0 Å². The van der Waals surface area contributed by atoms with Gasteiger partial charge in [-0.3, -0.25) is 4.90 Å². The lowest BCUT2D eigenvalue weighted by Crippen LogP contribution is -2.26. The molecule has 0 aliphatic rings. The fraction of sp³-hybridized carbons (Fsp3) is 0.435. The van der Waals surface area contributed by atoms with Gasteiger partial charge in [-0.2, -0.15) is 0 Å². The highest BCUT2D eigenvalue weighted by molar-refractivity contribution is 5.67. The predicted molar refractivity (Wildman–Crippen MR) is 112 cm³/mol. The average Bonchev–Trinajstić information content (AvgIpc) is 2.74. The smallest absolute Gasteiger partial charge is 0.407 e. The van der Waals surface area contributed by atoms with Crippen molar-refractivity contribution in [3.63, 3.8) is 0 Å². The first-order valence-electron chi connectivity index (χ1n) is 10.0. The molecule has 0 spiro atoms. The van der Waals surface area contributed by atoms with E-state index in [2.05, 4.69) is 23.2 Å². The number of carbonyl (C=O) groups excluding carboxylic acids is 1. The number of ether oxygens (including phenoxy) is 2. The molecule has 2 aromatic carbocycles. The van der Waals surface area contributed by atoms with E-state index in [-0.39, 0.29) is 6.09 Å². The van der Waals surface area contributed by atoms with E-state index in [1.165, 1.54) is 5.56 Å². The highest BCUT2D eigenvalue weighted by Gasteiger charge is 2.08. The maximum absolute atomic E-state index is 11.7. The van der Waals surface area contributed by atoms with Crippen LogP contribution < -0.4 is 10.1 Å². The molecule has 1 N–H and O–H groups in total. The summed E-state index contributed by atoms with van der Waals surface area (Å²) in [5.74, 6) is 0.944. The van der Waals surface area contributed by atoms with Gasteiger partial charge in [-0.1, -0.05) is 61.9 Å². The van der Waals surface area contributed by atoms with Crippen LogP contribution in [0, 0.1) is 0 Å². The summed E-state index contributed by atoms with van der Waals surface area (Å²) in [4.78, 5) is 14.1. The Balaban J connectivity index is 1.56. The molecule has 5 nitrogen and oxygen atoms in total. The van der Waals surface area contributed by atoms with E-state index in [4.69, 9.17) is 9.47 Å². The molecular formula is C23H32N2O3. The van der Waals surface area contributed by atoms with E-state index in [1.54, 1.807) is 7.11 Å². The molecule has 0 aliphatic carbocycles. The first kappa shape index (κ1) is 21.8. The van der Waals surface area contributed by atoms with Crippen LogP contribution in [0.15, 0.2) is 54.6 Å². The molecule has 1 amide bonds. The van der Waals surface area contributed by atoms with Gasteiger partial charge in [0.15, 0.2) is 0 Å². The SMILES string of the molecule is CCN(CCCCCNC(=O)OCc1ccccc1)Cc1ccccc1OC. The number of nitrogens with one attached hydrogen (secondary N) is 1. The van der Waals surface area contributed by atoms with E-state index in [1.807, 2.05) is 48.5 Å². The third-order valence-electron chi connectivity index (χ3n) is 4.67. The van der Waals surface area contributed by atoms with Crippen molar-refractivity contribution in [1.29, 1.82) is 0 Å². The summed E-state index contributed by atoms with van der Waals surface area (Å²) < 4.78 is 10.6. The zero-order valence-corrected chi connectivity index (χ0v) is 17.0. The molecule has 0 fully saturated rings. The number of unbranched alkanes of at least 4 members (excludes halogenated alkanes) is 2. The van der Waals surface area contributed by atoms with Crippen molar-refractivity contribution in [1.82, 2.24) is 10.2 Å². The van der Waals surface area contributed by atoms with Gasteiger partial charge >= 0.3 is 6.09 Å². The van der Waals surface area contributed by atoms with Crippen LogP contribution >= 0.6 is 0 Å². The molecule has 2 rings (SSSR count). The van der Waals surface area contributed by atoms with Crippen LogP contribution in [-0.2, 0) is 17.9 Å². The zero-order chi connectivity index (χ0) is 20.0. The van der Waals surface area contributed by atoms with Crippen LogP contribution in [0.4, 0.5) is 4.79 Å². The Labute approximate surface area is 168 Å². The molecule has 0 aromatic heterocycles. The minimum absolute atomic E-state index is 0.307. The molecule has 0 unspecified atom stereocenters. The number of nitrogens with zero attached hydrogens (tertiary/aromatic N) is 1. The quantitative estimate of drug-likeness (QED) is 0.543. The number of para-hydroxylation sites is 1. The largest absolute Gasteiger partial charge is 0.496 e. The van der Waals surface area contributed by atoms with E-state index in [0.29, 0.717) is 13.2 Å². The number of hydrogen-bond donors (Lipinski definition) is 1. The van der Waals surface area contributed by atoms with Gasteiger partial charge in [-0.15, -0.1) is 0 Å². The van der Waals surface area contributed by atoms with Crippen LogP contribution in [0.2, 0.25) is 0 Å². The normalized spacial score (nSPS) is 10.7. The third-order valence-corrected chi connectivity index (χ3v) is 4.67. The fourth-order valence-electron chi connectivity index (χ4n) is 3.03. The number of methoxy groups -OCH3 is 1. The maximum Gasteiger partial charge on any atom is 0.407 e. The zero-order valence-electron chi connectivity index (χ0n) is 17.0. The van der Waals surface area contributed by atoms with Crippen molar-refractivity contribution in [2.45, 2.75) is 39.3 Å². The predicted octanol–water partition coefficient (Wildman–Crippen LogP) is 4.61. The van der Waals surface area contributed by atoms with E-state index >= 15 is 0 Å². The molecule has 0 aliphatic heterocycles. The minimum atomic E-state index is -0.352. The van der Waals surface area contributed by atoms with Crippen molar-refractivity contribution in [2.75, 3.05) is 26.7 Å². The fourth-order valence-corrected chi connectivity index (χ4v) is 3.03. The molecule has 0 saturated carbocycles. The Hall–Kier alpha value is -2.53. The second-order valence-corrected chi connectivity index (χ2v) is 6.73. The first-order chi connectivity index (χ1) is 13.7. The third kappa shape index (κ3) is 8.01. The first-order valence-corrected chi connectivity index (χ1v) is 10.0. The summed E-state index contributed by atoms with van der Waals surface area (Å²) >= 11 is 0. The molecule has 5 heteroatoms. The van der Waals surface area contributed by atoms with Gasteiger partial charge in [0, 0.05) is 18.7 Å². The number of amides is 1. The van der Waals surface area contributed by atoms with Gasteiger partial charge in [0.2, 0.25) is 0 Å². The van der Waals surface area contributed by atoms with Crippen molar-refractivity contribution in [3.05, 3.63) is 65.7 Å². The highest BCUT2D eigenvalue weighted by atomic mass is 16.5. The second kappa shape index (κ2) is 12.8. The lowest BCUT2D eigenvalue weighted by atomic mass is 10.1. The number of benzene rings is 2. The van der Waals surface area contributed by atoms with Gasteiger partial charge in [0.25, 0.3) is 0 Å². The van der Waals surface area contributed by atoms with Crippen molar-refractivity contribution >= 4 is 6.09 Å². The van der Waals surface area contributed by atoms with E-state index in [0.717, 1.165) is 50.2 Å². The lowest BCUT2D eigenvalue weighted by molar-refractivity contribution is 0.139. The Bertz CT molecular complexity index is 691. The molecule has 28 heavy (non-hydrogen) atoms. The van der Waals surface area contributed by atoms with Gasteiger partial charge in [0.1, 0.15) is 12.4 Å². The number of rotatable bonds is 12. The standard InChI is InChI=1S/C23H32N2O3/c1-3-25(18-21-14-8-9-15-22(21)27-2)17-11-5-10-16-24-23(26)28-19-20-12-6-4-7-13-20/h4,6-9,12-15H,3,5,10-11,16-19H2,1-2H3,(H,24,26). The summed E-state index contributed by atoms with van der Waals surface area (Å²) in [6.45, 7) is 6.06. The number of alkyl carbamates (subject to hydrolysis) is 1. The molecular weight excluding hydrogens is 352 g/mol.